The van der Waals surface area contributed by atoms with Gasteiger partial charge >= 0.3 is 5.97 Å². The molecule has 0 saturated carbocycles. The van der Waals surface area contributed by atoms with Gasteiger partial charge in [-0.15, -0.1) is 0 Å². The summed E-state index contributed by atoms with van der Waals surface area (Å²) in [5.74, 6) is -0.281. The zero-order valence-electron chi connectivity index (χ0n) is 23.3. The number of esters is 1. The van der Waals surface area contributed by atoms with Crippen LogP contribution in [-0.4, -0.2) is 21.7 Å². The molecule has 0 fully saturated rings. The molecule has 0 aliphatic rings. The fourth-order valence-electron chi connectivity index (χ4n) is 4.64. The second-order valence-corrected chi connectivity index (χ2v) is 10.0. The fraction of sp³-hybridized carbons (Fsp3) is 0.147. The highest BCUT2D eigenvalue weighted by molar-refractivity contribution is 6.04. The number of carbonyl (C=O) groups is 2. The van der Waals surface area contributed by atoms with Crippen LogP contribution in [0.25, 0.3) is 28.1 Å². The monoisotopic (exact) mass is 529 g/mol. The Morgan fingerprint density at radius 2 is 1.48 bits per heavy atom. The fourth-order valence-corrected chi connectivity index (χ4v) is 4.64. The van der Waals surface area contributed by atoms with Crippen LogP contribution in [0.3, 0.4) is 0 Å². The molecule has 0 saturated heterocycles. The lowest BCUT2D eigenvalue weighted by Crippen LogP contribution is -2.11. The standard InChI is InChI=1S/C34H31N3O3/c1-21-12-14-27(15-13-21)33(39)35-29-18-16-26(17-19-29)31-32(28-10-6-8-22(2)20-28)36-37(34(31)40-25(5)38)30-11-7-9-23(3)24(30)4/h6-20H,1-5H3,(H,35,39). The molecule has 1 amide bonds. The van der Waals surface area contributed by atoms with Gasteiger partial charge in [0.05, 0.1) is 11.3 Å². The summed E-state index contributed by atoms with van der Waals surface area (Å²) in [6, 6.07) is 29.0. The third-order valence-electron chi connectivity index (χ3n) is 6.92. The highest BCUT2D eigenvalue weighted by Crippen LogP contribution is 2.42. The first-order valence-electron chi connectivity index (χ1n) is 13.1. The summed E-state index contributed by atoms with van der Waals surface area (Å²) < 4.78 is 7.58. The summed E-state index contributed by atoms with van der Waals surface area (Å²) in [6.45, 7) is 9.48. The molecule has 4 aromatic carbocycles. The molecule has 6 nitrogen and oxygen atoms in total. The number of amides is 1. The van der Waals surface area contributed by atoms with Gasteiger partial charge in [0.15, 0.2) is 0 Å². The van der Waals surface area contributed by atoms with Gasteiger partial charge in [0, 0.05) is 23.7 Å². The van der Waals surface area contributed by atoms with Crippen molar-refractivity contribution in [3.63, 3.8) is 0 Å². The Hall–Kier alpha value is -4.97. The van der Waals surface area contributed by atoms with Crippen LogP contribution in [0.2, 0.25) is 0 Å². The molecule has 40 heavy (non-hydrogen) atoms. The minimum atomic E-state index is -0.439. The van der Waals surface area contributed by atoms with Crippen LogP contribution in [0.4, 0.5) is 5.69 Å². The van der Waals surface area contributed by atoms with Crippen molar-refractivity contribution in [1.82, 2.24) is 9.78 Å². The number of hydrogen-bond donors (Lipinski definition) is 1. The van der Waals surface area contributed by atoms with Gasteiger partial charge in [0.2, 0.25) is 5.88 Å². The number of aromatic nitrogens is 2. The van der Waals surface area contributed by atoms with Crippen molar-refractivity contribution in [2.24, 2.45) is 0 Å². The number of carbonyl (C=O) groups excluding carboxylic acids is 2. The predicted molar refractivity (Wildman–Crippen MR) is 159 cm³/mol. The minimum absolute atomic E-state index is 0.184. The average Bonchev–Trinajstić information content (AvgIpc) is 3.29. The highest BCUT2D eigenvalue weighted by Gasteiger charge is 2.25. The van der Waals surface area contributed by atoms with E-state index in [4.69, 9.17) is 9.84 Å². The second kappa shape index (κ2) is 11.0. The van der Waals surface area contributed by atoms with Crippen molar-refractivity contribution < 1.29 is 14.3 Å². The molecule has 0 aliphatic heterocycles. The Balaban J connectivity index is 1.63. The number of nitrogens with one attached hydrogen (secondary N) is 1. The topological polar surface area (TPSA) is 73.2 Å². The molecule has 0 spiro atoms. The lowest BCUT2D eigenvalue weighted by molar-refractivity contribution is -0.132. The normalized spacial score (nSPS) is 10.8. The van der Waals surface area contributed by atoms with Crippen LogP contribution in [0.5, 0.6) is 5.88 Å². The van der Waals surface area contributed by atoms with Crippen molar-refractivity contribution in [3.05, 3.63) is 119 Å². The molecule has 5 rings (SSSR count). The molecule has 0 bridgehead atoms. The van der Waals surface area contributed by atoms with Crippen molar-refractivity contribution in [2.75, 3.05) is 5.32 Å². The molecule has 1 heterocycles. The first-order chi connectivity index (χ1) is 19.2. The molecule has 0 aliphatic carbocycles. The molecule has 0 radical (unpaired) electrons. The van der Waals surface area contributed by atoms with Gasteiger partial charge in [-0.1, -0.05) is 65.7 Å². The molecular formula is C34H31N3O3. The number of hydrogen-bond acceptors (Lipinski definition) is 4. The van der Waals surface area contributed by atoms with E-state index in [1.54, 1.807) is 16.8 Å². The molecule has 200 valence electrons. The molecular weight excluding hydrogens is 498 g/mol. The number of ether oxygens (including phenoxy) is 1. The van der Waals surface area contributed by atoms with Crippen LogP contribution in [0, 0.1) is 27.7 Å². The van der Waals surface area contributed by atoms with E-state index >= 15 is 0 Å². The molecule has 5 aromatic rings. The van der Waals surface area contributed by atoms with E-state index in [-0.39, 0.29) is 5.91 Å². The Bertz CT molecular complexity index is 1720. The maximum Gasteiger partial charge on any atom is 0.309 e. The number of benzene rings is 4. The summed E-state index contributed by atoms with van der Waals surface area (Å²) in [5, 5.41) is 7.97. The minimum Gasteiger partial charge on any atom is -0.407 e. The van der Waals surface area contributed by atoms with E-state index in [2.05, 4.69) is 11.4 Å². The van der Waals surface area contributed by atoms with Crippen LogP contribution in [0.1, 0.15) is 39.5 Å². The molecule has 6 heteroatoms. The Labute approximate surface area is 234 Å². The van der Waals surface area contributed by atoms with E-state index in [0.717, 1.165) is 39.1 Å². The van der Waals surface area contributed by atoms with E-state index in [1.165, 1.54) is 6.92 Å². The van der Waals surface area contributed by atoms with Gasteiger partial charge in [-0.2, -0.15) is 9.78 Å². The van der Waals surface area contributed by atoms with Crippen LogP contribution < -0.4 is 10.1 Å². The summed E-state index contributed by atoms with van der Waals surface area (Å²) in [4.78, 5) is 25.1. The second-order valence-electron chi connectivity index (χ2n) is 10.0. The molecule has 1 N–H and O–H groups in total. The van der Waals surface area contributed by atoms with Gasteiger partial charge in [-0.05, 0) is 80.8 Å². The quantitative estimate of drug-likeness (QED) is 0.230. The van der Waals surface area contributed by atoms with Crippen molar-refractivity contribution in [2.45, 2.75) is 34.6 Å². The SMILES string of the molecule is CC(=O)Oc1c(-c2ccc(NC(=O)c3ccc(C)cc3)cc2)c(-c2cccc(C)c2)nn1-c1cccc(C)c1C. The molecule has 0 atom stereocenters. The summed E-state index contributed by atoms with van der Waals surface area (Å²) in [6.07, 6.45) is 0. The number of nitrogens with zero attached hydrogens (tertiary/aromatic N) is 2. The van der Waals surface area contributed by atoms with Gasteiger partial charge in [0.25, 0.3) is 5.91 Å². The largest absolute Gasteiger partial charge is 0.407 e. The predicted octanol–water partition coefficient (Wildman–Crippen LogP) is 7.62. The molecule has 1 aromatic heterocycles. The zero-order chi connectivity index (χ0) is 28.4. The van der Waals surface area contributed by atoms with Gasteiger partial charge in [-0.3, -0.25) is 9.59 Å². The Morgan fingerprint density at radius 1 is 0.775 bits per heavy atom. The van der Waals surface area contributed by atoms with E-state index in [1.807, 2.05) is 100 Å². The lowest BCUT2D eigenvalue weighted by Gasteiger charge is -2.13. The van der Waals surface area contributed by atoms with Gasteiger partial charge in [-0.25, -0.2) is 0 Å². The maximum absolute atomic E-state index is 12.8. The zero-order valence-corrected chi connectivity index (χ0v) is 23.3. The number of anilines is 1. The maximum atomic E-state index is 12.8. The van der Waals surface area contributed by atoms with E-state index in [0.29, 0.717) is 28.4 Å². The van der Waals surface area contributed by atoms with Gasteiger partial charge < -0.3 is 10.1 Å². The third-order valence-corrected chi connectivity index (χ3v) is 6.92. The summed E-state index contributed by atoms with van der Waals surface area (Å²) in [7, 11) is 0. The van der Waals surface area contributed by atoms with Crippen molar-refractivity contribution in [1.29, 1.82) is 0 Å². The van der Waals surface area contributed by atoms with Crippen LogP contribution >= 0.6 is 0 Å². The van der Waals surface area contributed by atoms with E-state index in [9.17, 15) is 9.59 Å². The number of rotatable bonds is 6. The lowest BCUT2D eigenvalue weighted by atomic mass is 9.99. The summed E-state index contributed by atoms with van der Waals surface area (Å²) >= 11 is 0. The first-order valence-corrected chi connectivity index (χ1v) is 13.1. The number of aryl methyl sites for hydroxylation is 3. The average molecular weight is 530 g/mol. The van der Waals surface area contributed by atoms with Crippen molar-refractivity contribution >= 4 is 17.6 Å². The highest BCUT2D eigenvalue weighted by atomic mass is 16.5. The Morgan fingerprint density at radius 3 is 2.15 bits per heavy atom. The van der Waals surface area contributed by atoms with Crippen LogP contribution in [-0.2, 0) is 4.79 Å². The Kier molecular flexibility index (Phi) is 7.34. The third kappa shape index (κ3) is 5.43. The smallest absolute Gasteiger partial charge is 0.309 e. The van der Waals surface area contributed by atoms with Crippen molar-refractivity contribution in [3.8, 4) is 34.0 Å². The van der Waals surface area contributed by atoms with E-state index < -0.39 is 5.97 Å². The van der Waals surface area contributed by atoms with Crippen LogP contribution in [0.15, 0.2) is 91.0 Å². The van der Waals surface area contributed by atoms with Gasteiger partial charge in [0.1, 0.15) is 5.69 Å². The summed E-state index contributed by atoms with van der Waals surface area (Å²) in [5.41, 5.74) is 9.49. The molecule has 0 unspecified atom stereocenters. The first kappa shape index (κ1) is 26.6.